The predicted molar refractivity (Wildman–Crippen MR) is 118 cm³/mol. The van der Waals surface area contributed by atoms with Gasteiger partial charge in [-0.15, -0.1) is 0 Å². The van der Waals surface area contributed by atoms with Crippen LogP contribution in [0.15, 0.2) is 42.5 Å². The van der Waals surface area contributed by atoms with Crippen LogP contribution in [0, 0.1) is 0 Å². The molecule has 1 aliphatic rings. The largest absolute Gasteiger partial charge is 0.488 e. The van der Waals surface area contributed by atoms with Crippen LogP contribution < -0.4 is 15.4 Å². The lowest BCUT2D eigenvalue weighted by atomic mass is 10.0. The summed E-state index contributed by atoms with van der Waals surface area (Å²) in [6.07, 6.45) is -0.935. The summed E-state index contributed by atoms with van der Waals surface area (Å²) in [5, 5.41) is 25.3. The number of carboxylic acids is 1. The van der Waals surface area contributed by atoms with Crippen LogP contribution in [0.4, 0.5) is 4.79 Å². The Morgan fingerprint density at radius 1 is 1.27 bits per heavy atom. The zero-order valence-electron chi connectivity index (χ0n) is 17.1. The van der Waals surface area contributed by atoms with Gasteiger partial charge in [0.1, 0.15) is 18.1 Å². The molecule has 11 heteroatoms. The maximum atomic E-state index is 12.8. The van der Waals surface area contributed by atoms with Gasteiger partial charge in [0.05, 0.1) is 29.8 Å². The summed E-state index contributed by atoms with van der Waals surface area (Å²) in [6.45, 7) is -0.0393. The molecule has 1 fully saturated rings. The van der Waals surface area contributed by atoms with Crippen molar-refractivity contribution in [2.45, 2.75) is 12.1 Å². The SMILES string of the molecule is O=C1NCC(COc2cc3[nH]c(C(=O)N[C@H](CO)c4ccccc4C(=O)O)cc3cc2Cl)O1. The fourth-order valence-electron chi connectivity index (χ4n) is 3.53. The van der Waals surface area contributed by atoms with Gasteiger partial charge in [0.2, 0.25) is 0 Å². The molecule has 0 radical (unpaired) electrons. The number of aromatic carboxylic acids is 1. The number of hydrogen-bond donors (Lipinski definition) is 5. The number of alkyl carbamates (subject to hydrolysis) is 1. The average Bonchev–Trinajstić information content (AvgIpc) is 3.41. The van der Waals surface area contributed by atoms with Crippen molar-refractivity contribution in [1.82, 2.24) is 15.6 Å². The van der Waals surface area contributed by atoms with Gasteiger partial charge in [-0.2, -0.15) is 0 Å². The lowest BCUT2D eigenvalue weighted by Crippen LogP contribution is -2.32. The number of ether oxygens (including phenoxy) is 2. The molecule has 5 N–H and O–H groups in total. The number of aliphatic hydroxyl groups is 1. The van der Waals surface area contributed by atoms with E-state index in [0.717, 1.165) is 0 Å². The minimum atomic E-state index is -1.16. The number of H-pyrrole nitrogens is 1. The number of halogens is 1. The molecule has 2 heterocycles. The van der Waals surface area contributed by atoms with Crippen LogP contribution in [0.3, 0.4) is 0 Å². The smallest absolute Gasteiger partial charge is 0.407 e. The first-order valence-corrected chi connectivity index (χ1v) is 10.4. The minimum Gasteiger partial charge on any atom is -0.488 e. The van der Waals surface area contributed by atoms with Crippen LogP contribution >= 0.6 is 11.6 Å². The number of carbonyl (C=O) groups excluding carboxylic acids is 2. The molecule has 0 saturated carbocycles. The molecule has 1 aromatic heterocycles. The van der Waals surface area contributed by atoms with Crippen LogP contribution in [0.2, 0.25) is 5.02 Å². The van der Waals surface area contributed by atoms with Gasteiger partial charge < -0.3 is 35.3 Å². The van der Waals surface area contributed by atoms with E-state index < -0.39 is 36.7 Å². The Bertz CT molecular complexity index is 1230. The summed E-state index contributed by atoms with van der Waals surface area (Å²) in [6, 6.07) is 10.1. The highest BCUT2D eigenvalue weighted by Gasteiger charge is 2.24. The Labute approximate surface area is 192 Å². The normalized spacial score (nSPS) is 16.2. The van der Waals surface area contributed by atoms with Crippen molar-refractivity contribution in [3.05, 3.63) is 64.3 Å². The summed E-state index contributed by atoms with van der Waals surface area (Å²) >= 11 is 6.29. The number of aromatic amines is 1. The Hall–Kier alpha value is -3.76. The van der Waals surface area contributed by atoms with E-state index >= 15 is 0 Å². The van der Waals surface area contributed by atoms with Gasteiger partial charge in [-0.05, 0) is 23.8 Å². The second-order valence-electron chi connectivity index (χ2n) is 7.37. The highest BCUT2D eigenvalue weighted by atomic mass is 35.5. The number of carbonyl (C=O) groups is 3. The Balaban J connectivity index is 1.51. The van der Waals surface area contributed by atoms with E-state index in [-0.39, 0.29) is 23.4 Å². The molecule has 1 unspecified atom stereocenters. The van der Waals surface area contributed by atoms with Crippen molar-refractivity contribution in [2.24, 2.45) is 0 Å². The predicted octanol–water partition coefficient (Wildman–Crippen LogP) is 2.47. The summed E-state index contributed by atoms with van der Waals surface area (Å²) in [7, 11) is 0. The molecule has 1 saturated heterocycles. The first-order chi connectivity index (χ1) is 15.9. The Morgan fingerprint density at radius 3 is 2.76 bits per heavy atom. The Kier molecular flexibility index (Phi) is 6.38. The second-order valence-corrected chi connectivity index (χ2v) is 7.78. The molecule has 33 heavy (non-hydrogen) atoms. The number of aromatic nitrogens is 1. The van der Waals surface area contributed by atoms with Crippen molar-refractivity contribution < 1.29 is 34.1 Å². The van der Waals surface area contributed by atoms with E-state index in [4.69, 9.17) is 21.1 Å². The van der Waals surface area contributed by atoms with Crippen LogP contribution in [0.1, 0.15) is 32.5 Å². The van der Waals surface area contributed by atoms with Crippen molar-refractivity contribution in [3.8, 4) is 5.75 Å². The number of amides is 2. The van der Waals surface area contributed by atoms with Gasteiger partial charge in [0.25, 0.3) is 5.91 Å². The quantitative estimate of drug-likeness (QED) is 0.337. The number of fused-ring (bicyclic) bond motifs is 1. The third kappa shape index (κ3) is 4.86. The fraction of sp³-hybridized carbons (Fsp3) is 0.227. The van der Waals surface area contributed by atoms with Crippen molar-refractivity contribution >= 4 is 40.5 Å². The maximum absolute atomic E-state index is 12.8. The zero-order chi connectivity index (χ0) is 23.5. The highest BCUT2D eigenvalue weighted by Crippen LogP contribution is 2.31. The van der Waals surface area contributed by atoms with E-state index in [1.807, 2.05) is 0 Å². The monoisotopic (exact) mass is 473 g/mol. The van der Waals surface area contributed by atoms with Crippen LogP contribution in [-0.2, 0) is 4.74 Å². The number of carboxylic acid groups (broad SMARTS) is 1. The summed E-state index contributed by atoms with van der Waals surface area (Å²) in [5.74, 6) is -1.34. The molecule has 1 aliphatic heterocycles. The van der Waals surface area contributed by atoms with Gasteiger partial charge in [0, 0.05) is 17.0 Å². The molecule has 172 valence electrons. The molecular weight excluding hydrogens is 454 g/mol. The van der Waals surface area contributed by atoms with Crippen LogP contribution in [-0.4, -0.2) is 59.0 Å². The van der Waals surface area contributed by atoms with Crippen molar-refractivity contribution in [1.29, 1.82) is 0 Å². The van der Waals surface area contributed by atoms with E-state index in [2.05, 4.69) is 15.6 Å². The van der Waals surface area contributed by atoms with E-state index in [0.29, 0.717) is 28.2 Å². The van der Waals surface area contributed by atoms with Crippen LogP contribution in [0.5, 0.6) is 5.75 Å². The molecule has 0 spiro atoms. The summed E-state index contributed by atoms with van der Waals surface area (Å²) < 4.78 is 10.7. The van der Waals surface area contributed by atoms with Gasteiger partial charge in [-0.25, -0.2) is 9.59 Å². The third-order valence-electron chi connectivity index (χ3n) is 5.14. The molecule has 0 bridgehead atoms. The number of aliphatic hydroxyl groups excluding tert-OH is 1. The summed E-state index contributed by atoms with van der Waals surface area (Å²) in [4.78, 5) is 38.4. The van der Waals surface area contributed by atoms with E-state index in [1.54, 1.807) is 30.3 Å². The maximum Gasteiger partial charge on any atom is 0.407 e. The van der Waals surface area contributed by atoms with E-state index in [1.165, 1.54) is 12.1 Å². The number of benzene rings is 2. The molecule has 4 rings (SSSR count). The lowest BCUT2D eigenvalue weighted by Gasteiger charge is -2.18. The third-order valence-corrected chi connectivity index (χ3v) is 5.44. The van der Waals surface area contributed by atoms with Crippen molar-refractivity contribution in [2.75, 3.05) is 19.8 Å². The summed E-state index contributed by atoms with van der Waals surface area (Å²) in [5.41, 5.74) is 1.05. The molecule has 0 aliphatic carbocycles. The first-order valence-electron chi connectivity index (χ1n) is 9.99. The molecular formula is C22H20ClN3O7. The molecule has 3 aromatic rings. The fourth-order valence-corrected chi connectivity index (χ4v) is 3.75. The van der Waals surface area contributed by atoms with Crippen LogP contribution in [0.25, 0.3) is 10.9 Å². The number of hydrogen-bond acceptors (Lipinski definition) is 6. The van der Waals surface area contributed by atoms with Gasteiger partial charge >= 0.3 is 12.1 Å². The van der Waals surface area contributed by atoms with E-state index in [9.17, 15) is 24.6 Å². The number of rotatable bonds is 8. The van der Waals surface area contributed by atoms with Crippen molar-refractivity contribution in [3.63, 3.8) is 0 Å². The molecule has 2 aromatic carbocycles. The second kappa shape index (κ2) is 9.39. The lowest BCUT2D eigenvalue weighted by molar-refractivity contribution is 0.0692. The molecule has 2 amide bonds. The molecule has 2 atom stereocenters. The van der Waals surface area contributed by atoms with Gasteiger partial charge in [-0.3, -0.25) is 4.79 Å². The highest BCUT2D eigenvalue weighted by molar-refractivity contribution is 6.32. The average molecular weight is 474 g/mol. The van der Waals surface area contributed by atoms with Gasteiger partial charge in [-0.1, -0.05) is 29.8 Å². The minimum absolute atomic E-state index is 0.00906. The number of cyclic esters (lactones) is 1. The number of nitrogens with one attached hydrogen (secondary N) is 3. The zero-order valence-corrected chi connectivity index (χ0v) is 17.9. The standard InChI is InChI=1S/C22H20ClN3O7/c23-15-5-11-6-17(25-16(11)7-19(15)32-10-12-8-24-22(31)33-12)20(28)26-18(9-27)13-3-1-2-4-14(13)21(29)30/h1-7,12,18,25,27H,8-10H2,(H,24,31)(H,26,28)(H,29,30)/t12?,18-/m1/s1. The topological polar surface area (TPSA) is 150 Å². The molecule has 10 nitrogen and oxygen atoms in total. The first kappa shape index (κ1) is 22.4. The van der Waals surface area contributed by atoms with Gasteiger partial charge in [0.15, 0.2) is 6.10 Å². The Morgan fingerprint density at radius 2 is 2.06 bits per heavy atom.